The maximum absolute atomic E-state index is 10.2. The van der Waals surface area contributed by atoms with Gasteiger partial charge in [0.15, 0.2) is 0 Å². The van der Waals surface area contributed by atoms with Gasteiger partial charge in [0, 0.05) is 11.5 Å². The van der Waals surface area contributed by atoms with Crippen molar-refractivity contribution in [1.82, 2.24) is 0 Å². The van der Waals surface area contributed by atoms with Crippen LogP contribution < -0.4 is 0 Å². The van der Waals surface area contributed by atoms with Crippen LogP contribution in [0.3, 0.4) is 0 Å². The zero-order chi connectivity index (χ0) is 11.4. The lowest BCUT2D eigenvalue weighted by atomic mass is 9.99. The molecule has 15 heavy (non-hydrogen) atoms. The van der Waals surface area contributed by atoms with Crippen LogP contribution in [-0.2, 0) is 4.74 Å². The molecule has 2 nitrogen and oxygen atoms in total. The molecule has 0 aliphatic rings. The zero-order valence-corrected chi connectivity index (χ0v) is 10.7. The summed E-state index contributed by atoms with van der Waals surface area (Å²) >= 11 is 1.60. The Morgan fingerprint density at radius 2 is 2.13 bits per heavy atom. The van der Waals surface area contributed by atoms with Crippen molar-refractivity contribution in [2.45, 2.75) is 39.9 Å². The van der Waals surface area contributed by atoms with Crippen LogP contribution in [-0.4, -0.2) is 17.8 Å². The molecule has 2 unspecified atom stereocenters. The van der Waals surface area contributed by atoms with Crippen LogP contribution in [0.2, 0.25) is 0 Å². The fourth-order valence-electron chi connectivity index (χ4n) is 1.68. The average Bonchev–Trinajstić information content (AvgIpc) is 2.59. The number of rotatable bonds is 5. The Hall–Kier alpha value is -0.380. The van der Waals surface area contributed by atoms with E-state index in [0.717, 1.165) is 10.4 Å². The normalized spacial score (nSPS) is 15.6. The highest BCUT2D eigenvalue weighted by atomic mass is 32.1. The van der Waals surface area contributed by atoms with Crippen LogP contribution in [0, 0.1) is 12.8 Å². The Bertz CT molecular complexity index is 294. The first-order valence-corrected chi connectivity index (χ1v) is 6.29. The summed E-state index contributed by atoms with van der Waals surface area (Å²) < 4.78 is 5.60. The minimum Gasteiger partial charge on any atom is -0.385 e. The van der Waals surface area contributed by atoms with Gasteiger partial charge in [-0.1, -0.05) is 13.8 Å². The molecule has 1 rings (SSSR count). The second-order valence-corrected chi connectivity index (χ2v) is 5.02. The van der Waals surface area contributed by atoms with Crippen molar-refractivity contribution in [1.29, 1.82) is 0 Å². The molecule has 1 N–H and O–H groups in total. The Labute approximate surface area is 95.9 Å². The van der Waals surface area contributed by atoms with E-state index in [-0.39, 0.29) is 6.10 Å². The number of thiophene rings is 1. The highest BCUT2D eigenvalue weighted by Crippen LogP contribution is 2.30. The van der Waals surface area contributed by atoms with Crippen LogP contribution in [0.1, 0.15) is 37.3 Å². The maximum atomic E-state index is 10.2. The highest BCUT2D eigenvalue weighted by Gasteiger charge is 2.26. The summed E-state index contributed by atoms with van der Waals surface area (Å²) in [7, 11) is 0. The Morgan fingerprint density at radius 3 is 2.53 bits per heavy atom. The van der Waals surface area contributed by atoms with E-state index >= 15 is 0 Å². The van der Waals surface area contributed by atoms with Gasteiger partial charge in [0.1, 0.15) is 6.10 Å². The zero-order valence-electron chi connectivity index (χ0n) is 9.86. The molecule has 3 heteroatoms. The Balaban J connectivity index is 2.80. The van der Waals surface area contributed by atoms with Crippen LogP contribution in [0.25, 0.3) is 0 Å². The SMILES string of the molecule is CCOC(C(C)C)C(O)c1sccc1C. The van der Waals surface area contributed by atoms with E-state index in [4.69, 9.17) is 4.74 Å². The lowest BCUT2D eigenvalue weighted by Gasteiger charge is -2.26. The minimum absolute atomic E-state index is 0.104. The van der Waals surface area contributed by atoms with Crippen LogP contribution in [0.5, 0.6) is 0 Å². The minimum atomic E-state index is -0.495. The summed E-state index contributed by atoms with van der Waals surface area (Å²) in [6, 6.07) is 2.03. The van der Waals surface area contributed by atoms with Crippen molar-refractivity contribution >= 4 is 11.3 Å². The van der Waals surface area contributed by atoms with E-state index in [1.807, 2.05) is 25.3 Å². The van der Waals surface area contributed by atoms with Gasteiger partial charge in [-0.05, 0) is 36.8 Å². The lowest BCUT2D eigenvalue weighted by molar-refractivity contribution is -0.0573. The van der Waals surface area contributed by atoms with Crippen molar-refractivity contribution in [3.63, 3.8) is 0 Å². The first kappa shape index (κ1) is 12.7. The van der Waals surface area contributed by atoms with E-state index < -0.39 is 6.10 Å². The largest absolute Gasteiger partial charge is 0.385 e. The predicted molar refractivity (Wildman–Crippen MR) is 64.3 cm³/mol. The van der Waals surface area contributed by atoms with E-state index in [1.165, 1.54) is 0 Å². The summed E-state index contributed by atoms with van der Waals surface area (Å²) in [5.41, 5.74) is 1.15. The predicted octanol–water partition coefficient (Wildman–Crippen LogP) is 3.15. The molecular formula is C12H20O2S. The van der Waals surface area contributed by atoms with Gasteiger partial charge in [-0.25, -0.2) is 0 Å². The third-order valence-electron chi connectivity index (χ3n) is 2.50. The van der Waals surface area contributed by atoms with E-state index in [9.17, 15) is 5.11 Å². The van der Waals surface area contributed by atoms with Gasteiger partial charge in [0.2, 0.25) is 0 Å². The number of aliphatic hydroxyl groups excluding tert-OH is 1. The highest BCUT2D eigenvalue weighted by molar-refractivity contribution is 7.10. The van der Waals surface area contributed by atoms with Crippen molar-refractivity contribution in [3.05, 3.63) is 21.9 Å². The summed E-state index contributed by atoms with van der Waals surface area (Å²) in [5, 5.41) is 12.2. The standard InChI is InChI=1S/C12H20O2S/c1-5-14-11(8(2)3)10(13)12-9(4)6-7-15-12/h6-8,10-11,13H,5H2,1-4H3. The third kappa shape index (κ3) is 3.03. The monoisotopic (exact) mass is 228 g/mol. The first-order valence-electron chi connectivity index (χ1n) is 5.41. The van der Waals surface area contributed by atoms with Gasteiger partial charge >= 0.3 is 0 Å². The summed E-state index contributed by atoms with van der Waals surface area (Å²) in [5.74, 6) is 0.321. The average molecular weight is 228 g/mol. The molecule has 0 fully saturated rings. The number of hydrogen-bond acceptors (Lipinski definition) is 3. The third-order valence-corrected chi connectivity index (χ3v) is 3.59. The van der Waals surface area contributed by atoms with Gasteiger partial charge in [-0.15, -0.1) is 11.3 Å². The molecule has 1 aromatic heterocycles. The fourth-order valence-corrected chi connectivity index (χ4v) is 2.62. The quantitative estimate of drug-likeness (QED) is 0.839. The molecule has 0 amide bonds. The molecule has 0 aliphatic heterocycles. The van der Waals surface area contributed by atoms with Gasteiger partial charge in [0.05, 0.1) is 6.10 Å². The van der Waals surface area contributed by atoms with Crippen molar-refractivity contribution < 1.29 is 9.84 Å². The maximum Gasteiger partial charge on any atom is 0.115 e. The molecule has 0 aromatic carbocycles. The molecule has 0 aliphatic carbocycles. The topological polar surface area (TPSA) is 29.5 Å². The summed E-state index contributed by atoms with van der Waals surface area (Å²) in [6.07, 6.45) is -0.600. The molecule has 0 radical (unpaired) electrons. The number of aryl methyl sites for hydroxylation is 1. The fraction of sp³-hybridized carbons (Fsp3) is 0.667. The second kappa shape index (κ2) is 5.64. The molecule has 0 saturated carbocycles. The number of hydrogen-bond donors (Lipinski definition) is 1. The van der Waals surface area contributed by atoms with Gasteiger partial charge in [-0.2, -0.15) is 0 Å². The van der Waals surface area contributed by atoms with Gasteiger partial charge in [-0.3, -0.25) is 0 Å². The lowest BCUT2D eigenvalue weighted by Crippen LogP contribution is -2.27. The Morgan fingerprint density at radius 1 is 1.47 bits per heavy atom. The van der Waals surface area contributed by atoms with Crippen LogP contribution in [0.15, 0.2) is 11.4 Å². The number of aliphatic hydroxyl groups is 1. The van der Waals surface area contributed by atoms with E-state index in [0.29, 0.717) is 12.5 Å². The number of ether oxygens (including phenoxy) is 1. The molecule has 1 aromatic rings. The Kier molecular flexibility index (Phi) is 4.77. The van der Waals surface area contributed by atoms with Crippen LogP contribution >= 0.6 is 11.3 Å². The molecule has 0 bridgehead atoms. The van der Waals surface area contributed by atoms with Crippen molar-refractivity contribution in [2.75, 3.05) is 6.61 Å². The first-order chi connectivity index (χ1) is 7.07. The molecule has 2 atom stereocenters. The van der Waals surface area contributed by atoms with Gasteiger partial charge < -0.3 is 9.84 Å². The molecule has 1 heterocycles. The van der Waals surface area contributed by atoms with Crippen molar-refractivity contribution in [3.8, 4) is 0 Å². The summed E-state index contributed by atoms with van der Waals surface area (Å²) in [6.45, 7) is 8.78. The second-order valence-electron chi connectivity index (χ2n) is 4.08. The smallest absolute Gasteiger partial charge is 0.115 e. The van der Waals surface area contributed by atoms with Crippen LogP contribution in [0.4, 0.5) is 0 Å². The molecule has 0 saturated heterocycles. The van der Waals surface area contributed by atoms with E-state index in [1.54, 1.807) is 11.3 Å². The molecular weight excluding hydrogens is 208 g/mol. The van der Waals surface area contributed by atoms with Gasteiger partial charge in [0.25, 0.3) is 0 Å². The van der Waals surface area contributed by atoms with E-state index in [2.05, 4.69) is 13.8 Å². The summed E-state index contributed by atoms with van der Waals surface area (Å²) in [4.78, 5) is 1.03. The molecule has 0 spiro atoms. The van der Waals surface area contributed by atoms with Crippen molar-refractivity contribution in [2.24, 2.45) is 5.92 Å². The molecule has 86 valence electrons.